The number of carbonyl (C=O) groups is 2. The van der Waals surface area contributed by atoms with E-state index in [9.17, 15) is 19.7 Å². The van der Waals surface area contributed by atoms with Crippen LogP contribution in [0.5, 0.6) is 0 Å². The number of ether oxygens (including phenoxy) is 1. The number of benzene rings is 4. The molecule has 4 aromatic rings. The number of non-ortho nitro benzene ring substituents is 1. The Labute approximate surface area is 238 Å². The van der Waals surface area contributed by atoms with Crippen LogP contribution in [0.25, 0.3) is 0 Å². The maximum Gasteiger partial charge on any atom is 0.356 e. The average Bonchev–Trinajstić information content (AvgIpc) is 3.01. The maximum atomic E-state index is 14.4. The fourth-order valence-corrected chi connectivity index (χ4v) is 9.67. The van der Waals surface area contributed by atoms with Gasteiger partial charge in [-0.3, -0.25) is 14.9 Å². The van der Waals surface area contributed by atoms with Crippen LogP contribution in [0.15, 0.2) is 128 Å². The Hall–Kier alpha value is -4.74. The molecule has 0 saturated carbocycles. The molecule has 5 rings (SSSR count). The highest BCUT2D eigenvalue weighted by atomic mass is 31.2. The zero-order valence-corrected chi connectivity index (χ0v) is 23.2. The van der Waals surface area contributed by atoms with E-state index in [2.05, 4.69) is 6.58 Å². The predicted octanol–water partition coefficient (Wildman–Crippen LogP) is 4.94. The lowest BCUT2D eigenvalue weighted by Gasteiger charge is -2.45. The molecule has 0 bridgehead atoms. The van der Waals surface area contributed by atoms with Crippen LogP contribution in [0, 0.1) is 10.1 Å². The Morgan fingerprint density at radius 3 is 1.78 bits per heavy atom. The summed E-state index contributed by atoms with van der Waals surface area (Å²) in [5.41, 5.74) is 0.864. The van der Waals surface area contributed by atoms with Crippen molar-refractivity contribution < 1.29 is 19.2 Å². The van der Waals surface area contributed by atoms with Gasteiger partial charge in [0.2, 0.25) is 5.91 Å². The van der Waals surface area contributed by atoms with Crippen LogP contribution in [0.1, 0.15) is 18.4 Å². The molecular weight excluding hydrogens is 535 g/mol. The molecule has 7 nitrogen and oxygen atoms in total. The van der Waals surface area contributed by atoms with Gasteiger partial charge in [-0.1, -0.05) is 97.1 Å². The average molecular weight is 565 g/mol. The van der Waals surface area contributed by atoms with Crippen LogP contribution < -0.4 is 15.9 Å². The van der Waals surface area contributed by atoms with Crippen molar-refractivity contribution in [1.29, 1.82) is 0 Å². The van der Waals surface area contributed by atoms with Gasteiger partial charge in [-0.05, 0) is 40.0 Å². The number of amides is 1. The second-order valence-corrected chi connectivity index (χ2v) is 13.0. The summed E-state index contributed by atoms with van der Waals surface area (Å²) in [6, 6.07) is 35.1. The third-order valence-electron chi connectivity index (χ3n) is 7.16. The van der Waals surface area contributed by atoms with Gasteiger partial charge < -0.3 is 9.64 Å². The van der Waals surface area contributed by atoms with Gasteiger partial charge in [0.15, 0.2) is 0 Å². The molecule has 1 atom stereocenters. The summed E-state index contributed by atoms with van der Waals surface area (Å²) in [6.45, 7) is 0.814. The maximum absolute atomic E-state index is 14.4. The standard InChI is InChI=1S/C33H29N2O5P/c1-2-12-27-23-31(36)34(27)32(33(37)40-24-25-19-21-26(22-20-25)35(38)39)41(28-13-6-3-7-14-28,29-15-8-4-9-16-29)30-17-10-5-11-18-30/h2-11,13-22,27H,1,12,23-24H2. The fourth-order valence-electron chi connectivity index (χ4n) is 5.25. The molecule has 41 heavy (non-hydrogen) atoms. The Balaban J connectivity index is 1.78. The van der Waals surface area contributed by atoms with Gasteiger partial charge in [0.1, 0.15) is 12.0 Å². The molecule has 1 unspecified atom stereocenters. The van der Waals surface area contributed by atoms with E-state index < -0.39 is 17.8 Å². The van der Waals surface area contributed by atoms with Crippen molar-refractivity contribution in [3.8, 4) is 0 Å². The number of rotatable bonds is 10. The number of esters is 1. The molecule has 1 fully saturated rings. The lowest BCUT2D eigenvalue weighted by atomic mass is 9.99. The van der Waals surface area contributed by atoms with Gasteiger partial charge in [0.25, 0.3) is 5.69 Å². The SMILES string of the molecule is C=CCC1CC(=O)N1C(C(=O)OCc1ccc([N+](=O)[O-])cc1)=P(c1ccccc1)(c1ccccc1)c1ccccc1. The second kappa shape index (κ2) is 12.2. The summed E-state index contributed by atoms with van der Waals surface area (Å²) in [5, 5.41) is 13.8. The van der Waals surface area contributed by atoms with E-state index in [1.54, 1.807) is 23.1 Å². The van der Waals surface area contributed by atoms with Gasteiger partial charge in [0, 0.05) is 31.5 Å². The minimum atomic E-state index is -2.96. The lowest BCUT2D eigenvalue weighted by Crippen LogP contribution is -2.59. The predicted molar refractivity (Wildman–Crippen MR) is 163 cm³/mol. The van der Waals surface area contributed by atoms with Crippen LogP contribution in [0.4, 0.5) is 5.69 Å². The largest absolute Gasteiger partial charge is 0.456 e. The van der Waals surface area contributed by atoms with E-state index in [1.165, 1.54) is 12.1 Å². The Morgan fingerprint density at radius 2 is 1.37 bits per heavy atom. The number of hydrogen-bond acceptors (Lipinski definition) is 5. The van der Waals surface area contributed by atoms with E-state index >= 15 is 0 Å². The summed E-state index contributed by atoms with van der Waals surface area (Å²) < 4.78 is 5.95. The molecule has 8 heteroatoms. The lowest BCUT2D eigenvalue weighted by molar-refractivity contribution is -0.384. The number of nitrogens with zero attached hydrogens (tertiary/aromatic N) is 2. The van der Waals surface area contributed by atoms with Crippen LogP contribution >= 0.6 is 6.89 Å². The summed E-state index contributed by atoms with van der Waals surface area (Å²) in [5.74, 6) is -0.748. The van der Waals surface area contributed by atoms with Crippen molar-refractivity contribution in [3.05, 3.63) is 144 Å². The number of carbonyl (C=O) groups excluding carboxylic acids is 2. The van der Waals surface area contributed by atoms with Crippen molar-refractivity contribution in [3.63, 3.8) is 0 Å². The van der Waals surface area contributed by atoms with Gasteiger partial charge in [-0.25, -0.2) is 4.79 Å². The van der Waals surface area contributed by atoms with Crippen LogP contribution in [0.2, 0.25) is 0 Å². The highest BCUT2D eigenvalue weighted by Crippen LogP contribution is 2.49. The molecule has 0 radical (unpaired) electrons. The van der Waals surface area contributed by atoms with Gasteiger partial charge in [0.05, 0.1) is 4.92 Å². The zero-order chi connectivity index (χ0) is 28.8. The molecule has 206 valence electrons. The molecule has 0 aromatic heterocycles. The van der Waals surface area contributed by atoms with E-state index in [4.69, 9.17) is 4.74 Å². The monoisotopic (exact) mass is 564 g/mol. The number of hydrogen-bond donors (Lipinski definition) is 0. The quantitative estimate of drug-likeness (QED) is 0.0680. The Bertz CT molecular complexity index is 1520. The minimum Gasteiger partial charge on any atom is -0.456 e. The van der Waals surface area contributed by atoms with E-state index in [0.29, 0.717) is 23.8 Å². The number of likely N-dealkylation sites (tertiary alicyclic amines) is 1. The highest BCUT2D eigenvalue weighted by Gasteiger charge is 2.46. The minimum absolute atomic E-state index is 0.0482. The fraction of sp³-hybridized carbons (Fsp3) is 0.121. The molecule has 1 amide bonds. The first-order chi connectivity index (χ1) is 20.0. The van der Waals surface area contributed by atoms with Crippen molar-refractivity contribution in [2.45, 2.75) is 25.5 Å². The van der Waals surface area contributed by atoms with Crippen molar-refractivity contribution >= 4 is 45.8 Å². The number of nitro groups is 1. The smallest absolute Gasteiger partial charge is 0.356 e. The summed E-state index contributed by atoms with van der Waals surface area (Å²) >= 11 is 0. The number of nitro benzene ring substituents is 1. The number of β-lactam (4-membered cyclic amide) rings is 1. The molecule has 1 aliphatic heterocycles. The van der Waals surface area contributed by atoms with Gasteiger partial charge in [-0.2, -0.15) is 0 Å². The summed E-state index contributed by atoms with van der Waals surface area (Å²) in [6.07, 6.45) is 2.60. The zero-order valence-electron chi connectivity index (χ0n) is 22.3. The molecule has 1 aliphatic rings. The first-order valence-electron chi connectivity index (χ1n) is 13.2. The molecule has 0 aliphatic carbocycles. The van der Waals surface area contributed by atoms with Gasteiger partial charge in [-0.15, -0.1) is 6.58 Å². The van der Waals surface area contributed by atoms with E-state index in [-0.39, 0.29) is 24.2 Å². The Morgan fingerprint density at radius 1 is 0.878 bits per heavy atom. The second-order valence-electron chi connectivity index (χ2n) is 9.65. The molecule has 4 aromatic carbocycles. The summed E-state index contributed by atoms with van der Waals surface area (Å²) in [4.78, 5) is 40.1. The molecule has 1 saturated heterocycles. The highest BCUT2D eigenvalue weighted by molar-refractivity contribution is 7.96. The van der Waals surface area contributed by atoms with Crippen LogP contribution in [-0.2, 0) is 20.9 Å². The van der Waals surface area contributed by atoms with Crippen LogP contribution in [-0.4, -0.2) is 33.2 Å². The normalized spacial score (nSPS) is 14.6. The first kappa shape index (κ1) is 27.8. The van der Waals surface area contributed by atoms with Crippen molar-refractivity contribution in [2.24, 2.45) is 0 Å². The van der Waals surface area contributed by atoms with E-state index in [0.717, 1.165) is 15.9 Å². The molecule has 0 N–H and O–H groups in total. The molecule has 1 heterocycles. The molecule has 0 spiro atoms. The molecular formula is C33H29N2O5P. The van der Waals surface area contributed by atoms with Crippen molar-refractivity contribution in [2.75, 3.05) is 0 Å². The topological polar surface area (TPSA) is 89.8 Å². The third-order valence-corrected chi connectivity index (χ3v) is 11.4. The summed E-state index contributed by atoms with van der Waals surface area (Å²) in [7, 11) is 0. The third kappa shape index (κ3) is 5.37. The van der Waals surface area contributed by atoms with Crippen molar-refractivity contribution in [1.82, 2.24) is 4.90 Å². The Kier molecular flexibility index (Phi) is 8.27. The van der Waals surface area contributed by atoms with E-state index in [1.807, 2.05) is 91.0 Å². The first-order valence-corrected chi connectivity index (χ1v) is 15.0. The van der Waals surface area contributed by atoms with Gasteiger partial charge >= 0.3 is 5.97 Å². The van der Waals surface area contributed by atoms with Crippen LogP contribution in [0.3, 0.4) is 0 Å².